The van der Waals surface area contributed by atoms with Crippen LogP contribution in [0.2, 0.25) is 5.02 Å². The minimum atomic E-state index is 0.796. The SMILES string of the molecule is Cc1cc(Cl)cc(N2CCN(c3noc4ccccc34)CC2)c1. The number of fused-ring (bicyclic) bond motifs is 1. The summed E-state index contributed by atoms with van der Waals surface area (Å²) in [5, 5.41) is 6.14. The lowest BCUT2D eigenvalue weighted by Gasteiger charge is -2.36. The van der Waals surface area contributed by atoms with Crippen LogP contribution in [0.1, 0.15) is 5.56 Å². The summed E-state index contributed by atoms with van der Waals surface area (Å²) in [4.78, 5) is 4.66. The van der Waals surface area contributed by atoms with Crippen LogP contribution in [0.4, 0.5) is 11.5 Å². The predicted molar refractivity (Wildman–Crippen MR) is 94.6 cm³/mol. The smallest absolute Gasteiger partial charge is 0.180 e. The highest BCUT2D eigenvalue weighted by molar-refractivity contribution is 6.30. The summed E-state index contributed by atoms with van der Waals surface area (Å²) in [5.41, 5.74) is 3.23. The van der Waals surface area contributed by atoms with Crippen LogP contribution in [0.3, 0.4) is 0 Å². The molecule has 0 spiro atoms. The van der Waals surface area contributed by atoms with Crippen molar-refractivity contribution in [1.82, 2.24) is 5.16 Å². The van der Waals surface area contributed by atoms with E-state index in [4.69, 9.17) is 16.1 Å². The van der Waals surface area contributed by atoms with Crippen LogP contribution in [0.25, 0.3) is 11.0 Å². The Kier molecular flexibility index (Phi) is 3.62. The maximum absolute atomic E-state index is 6.19. The van der Waals surface area contributed by atoms with Crippen molar-refractivity contribution in [2.45, 2.75) is 6.92 Å². The van der Waals surface area contributed by atoms with Crippen LogP contribution >= 0.6 is 11.6 Å². The molecule has 23 heavy (non-hydrogen) atoms. The first-order valence-electron chi connectivity index (χ1n) is 7.82. The molecule has 0 radical (unpaired) electrons. The van der Waals surface area contributed by atoms with Crippen molar-refractivity contribution in [2.24, 2.45) is 0 Å². The number of aryl methyl sites for hydroxylation is 1. The Bertz CT molecular complexity index is 817. The third-order valence-electron chi connectivity index (χ3n) is 4.33. The Labute approximate surface area is 140 Å². The van der Waals surface area contributed by atoms with Gasteiger partial charge in [-0.25, -0.2) is 0 Å². The fourth-order valence-corrected chi connectivity index (χ4v) is 3.46. The summed E-state index contributed by atoms with van der Waals surface area (Å²) in [7, 11) is 0. The molecule has 118 valence electrons. The maximum atomic E-state index is 6.19. The lowest BCUT2D eigenvalue weighted by molar-refractivity contribution is 0.453. The van der Waals surface area contributed by atoms with Crippen LogP contribution in [-0.4, -0.2) is 31.3 Å². The van der Waals surface area contributed by atoms with E-state index in [9.17, 15) is 0 Å². The lowest BCUT2D eigenvalue weighted by atomic mass is 10.2. The summed E-state index contributed by atoms with van der Waals surface area (Å²) in [5.74, 6) is 0.947. The minimum Gasteiger partial charge on any atom is -0.368 e. The highest BCUT2D eigenvalue weighted by Crippen LogP contribution is 2.28. The van der Waals surface area contributed by atoms with Crippen LogP contribution in [0, 0.1) is 6.92 Å². The molecule has 0 saturated carbocycles. The summed E-state index contributed by atoms with van der Waals surface area (Å²) in [6.45, 7) is 5.80. The largest absolute Gasteiger partial charge is 0.368 e. The first kappa shape index (κ1) is 14.4. The molecular formula is C18H18ClN3O. The standard InChI is InChI=1S/C18H18ClN3O/c1-13-10-14(19)12-15(11-13)21-6-8-22(9-7-21)18-16-4-2-3-5-17(16)23-20-18/h2-5,10-12H,6-9H2,1H3. The number of rotatable bonds is 2. The van der Waals surface area contributed by atoms with Gasteiger partial charge in [-0.1, -0.05) is 28.9 Å². The van der Waals surface area contributed by atoms with E-state index < -0.39 is 0 Å². The Balaban J connectivity index is 1.53. The Morgan fingerprint density at radius 3 is 2.52 bits per heavy atom. The third kappa shape index (κ3) is 2.75. The molecule has 0 aliphatic carbocycles. The van der Waals surface area contributed by atoms with E-state index in [-0.39, 0.29) is 0 Å². The summed E-state index contributed by atoms with van der Waals surface area (Å²) in [6, 6.07) is 14.2. The number of nitrogens with zero attached hydrogens (tertiary/aromatic N) is 3. The average Bonchev–Trinajstić information content (AvgIpc) is 2.98. The number of halogens is 1. The molecule has 1 fully saturated rings. The molecule has 0 amide bonds. The second kappa shape index (κ2) is 5.78. The molecule has 4 nitrogen and oxygen atoms in total. The predicted octanol–water partition coefficient (Wildman–Crippen LogP) is 4.12. The van der Waals surface area contributed by atoms with Gasteiger partial charge in [0.2, 0.25) is 0 Å². The molecular weight excluding hydrogens is 310 g/mol. The third-order valence-corrected chi connectivity index (χ3v) is 4.55. The number of anilines is 2. The highest BCUT2D eigenvalue weighted by Gasteiger charge is 2.21. The van der Waals surface area contributed by atoms with Crippen LogP contribution in [-0.2, 0) is 0 Å². The van der Waals surface area contributed by atoms with Gasteiger partial charge in [-0.05, 0) is 42.8 Å². The molecule has 2 heterocycles. The molecule has 1 saturated heterocycles. The average molecular weight is 328 g/mol. The van der Waals surface area contributed by atoms with Gasteiger partial charge in [0.1, 0.15) is 0 Å². The van der Waals surface area contributed by atoms with Crippen molar-refractivity contribution >= 4 is 34.1 Å². The Hall–Kier alpha value is -2.20. The zero-order chi connectivity index (χ0) is 15.8. The molecule has 3 aromatic rings. The number of hydrogen-bond acceptors (Lipinski definition) is 4. The molecule has 1 aromatic heterocycles. The van der Waals surface area contributed by atoms with Gasteiger partial charge in [-0.3, -0.25) is 0 Å². The normalized spacial score (nSPS) is 15.4. The number of piperazine rings is 1. The van der Waals surface area contributed by atoms with Gasteiger partial charge >= 0.3 is 0 Å². The maximum Gasteiger partial charge on any atom is 0.180 e. The second-order valence-electron chi connectivity index (χ2n) is 5.96. The minimum absolute atomic E-state index is 0.796. The topological polar surface area (TPSA) is 32.5 Å². The van der Waals surface area contributed by atoms with Crippen LogP contribution in [0.15, 0.2) is 47.0 Å². The molecule has 0 bridgehead atoms. The molecule has 2 aromatic carbocycles. The number of aromatic nitrogens is 1. The van der Waals surface area contributed by atoms with Gasteiger partial charge in [0.15, 0.2) is 11.4 Å². The van der Waals surface area contributed by atoms with Gasteiger partial charge < -0.3 is 14.3 Å². The van der Waals surface area contributed by atoms with Crippen molar-refractivity contribution in [3.63, 3.8) is 0 Å². The van der Waals surface area contributed by atoms with Crippen molar-refractivity contribution in [3.8, 4) is 0 Å². The van der Waals surface area contributed by atoms with Crippen LogP contribution < -0.4 is 9.80 Å². The number of benzene rings is 2. The molecule has 0 atom stereocenters. The second-order valence-corrected chi connectivity index (χ2v) is 6.40. The molecule has 4 rings (SSSR count). The van der Waals surface area contributed by atoms with Gasteiger partial charge in [0, 0.05) is 36.9 Å². The molecule has 0 N–H and O–H groups in total. The van der Waals surface area contributed by atoms with Gasteiger partial charge in [-0.2, -0.15) is 0 Å². The van der Waals surface area contributed by atoms with E-state index in [0.717, 1.165) is 48.0 Å². The lowest BCUT2D eigenvalue weighted by Crippen LogP contribution is -2.46. The van der Waals surface area contributed by atoms with Gasteiger partial charge in [-0.15, -0.1) is 0 Å². The van der Waals surface area contributed by atoms with E-state index in [0.29, 0.717) is 0 Å². The number of hydrogen-bond donors (Lipinski definition) is 0. The van der Waals surface area contributed by atoms with E-state index in [2.05, 4.69) is 34.0 Å². The van der Waals surface area contributed by atoms with E-state index in [1.807, 2.05) is 30.3 Å². The molecule has 1 aliphatic rings. The van der Waals surface area contributed by atoms with E-state index in [1.54, 1.807) is 0 Å². The highest BCUT2D eigenvalue weighted by atomic mass is 35.5. The molecule has 5 heteroatoms. The van der Waals surface area contributed by atoms with Crippen molar-refractivity contribution in [1.29, 1.82) is 0 Å². The molecule has 0 unspecified atom stereocenters. The first-order chi connectivity index (χ1) is 11.2. The van der Waals surface area contributed by atoms with Crippen molar-refractivity contribution < 1.29 is 4.52 Å². The van der Waals surface area contributed by atoms with Crippen LogP contribution in [0.5, 0.6) is 0 Å². The summed E-state index contributed by atoms with van der Waals surface area (Å²) < 4.78 is 5.42. The van der Waals surface area contributed by atoms with Crippen molar-refractivity contribution in [3.05, 3.63) is 53.1 Å². The first-order valence-corrected chi connectivity index (χ1v) is 8.20. The fourth-order valence-electron chi connectivity index (χ4n) is 3.18. The Morgan fingerprint density at radius 2 is 1.74 bits per heavy atom. The van der Waals surface area contributed by atoms with E-state index >= 15 is 0 Å². The monoisotopic (exact) mass is 327 g/mol. The van der Waals surface area contributed by atoms with Gasteiger partial charge in [0.05, 0.1) is 5.39 Å². The summed E-state index contributed by atoms with van der Waals surface area (Å²) in [6.07, 6.45) is 0. The zero-order valence-corrected chi connectivity index (χ0v) is 13.8. The van der Waals surface area contributed by atoms with Gasteiger partial charge in [0.25, 0.3) is 0 Å². The molecule has 1 aliphatic heterocycles. The zero-order valence-electron chi connectivity index (χ0n) is 13.0. The quantitative estimate of drug-likeness (QED) is 0.709. The fraction of sp³-hybridized carbons (Fsp3) is 0.278. The number of para-hydroxylation sites is 1. The Morgan fingerprint density at radius 1 is 1.00 bits per heavy atom. The van der Waals surface area contributed by atoms with E-state index in [1.165, 1.54) is 11.3 Å². The van der Waals surface area contributed by atoms with Crippen molar-refractivity contribution in [2.75, 3.05) is 36.0 Å². The summed E-state index contributed by atoms with van der Waals surface area (Å²) >= 11 is 6.19.